The van der Waals surface area contributed by atoms with E-state index >= 15 is 0 Å². The Kier molecular flexibility index (Phi) is 6.25. The van der Waals surface area contributed by atoms with Gasteiger partial charge >= 0.3 is 0 Å². The minimum atomic E-state index is -0.203. The first-order chi connectivity index (χ1) is 14.4. The van der Waals surface area contributed by atoms with Crippen LogP contribution in [0.2, 0.25) is 0 Å². The summed E-state index contributed by atoms with van der Waals surface area (Å²) in [5, 5.41) is 19.9. The van der Waals surface area contributed by atoms with Crippen LogP contribution < -0.4 is 0 Å². The molecule has 1 aromatic carbocycles. The molecular formula is C28H38O2. The molecule has 0 aliphatic heterocycles. The van der Waals surface area contributed by atoms with Gasteiger partial charge in [-0.05, 0) is 104 Å². The van der Waals surface area contributed by atoms with Crippen LogP contribution in [-0.4, -0.2) is 16.3 Å². The number of aliphatic hydroxyl groups is 1. The molecule has 0 aromatic heterocycles. The summed E-state index contributed by atoms with van der Waals surface area (Å²) in [6.07, 6.45) is 14.5. The SMILES string of the molecule is C=C1CCC(O)C/C1=C/C=C1\CCC[C@@]2(C)C1CC[C@@H]2C(C)Cc1cccc(O)c1. The lowest BCUT2D eigenvalue weighted by Gasteiger charge is -2.44. The number of allylic oxidation sites excluding steroid dienone is 4. The molecule has 162 valence electrons. The summed E-state index contributed by atoms with van der Waals surface area (Å²) >= 11 is 0. The summed E-state index contributed by atoms with van der Waals surface area (Å²) in [5.74, 6) is 2.41. The summed E-state index contributed by atoms with van der Waals surface area (Å²) in [5.41, 5.74) is 5.71. The molecule has 3 aliphatic carbocycles. The lowest BCUT2D eigenvalue weighted by molar-refractivity contribution is 0.0975. The number of phenols is 1. The van der Waals surface area contributed by atoms with Gasteiger partial charge in [0, 0.05) is 0 Å². The van der Waals surface area contributed by atoms with Crippen LogP contribution >= 0.6 is 0 Å². The van der Waals surface area contributed by atoms with Crippen molar-refractivity contribution in [2.24, 2.45) is 23.2 Å². The highest BCUT2D eigenvalue weighted by Crippen LogP contribution is 2.59. The van der Waals surface area contributed by atoms with Gasteiger partial charge in [0.2, 0.25) is 0 Å². The monoisotopic (exact) mass is 406 g/mol. The number of hydrogen-bond donors (Lipinski definition) is 2. The Bertz CT molecular complexity index is 848. The predicted molar refractivity (Wildman–Crippen MR) is 124 cm³/mol. The van der Waals surface area contributed by atoms with E-state index < -0.39 is 0 Å². The Labute approximate surface area is 182 Å². The van der Waals surface area contributed by atoms with Crippen LogP contribution in [0.3, 0.4) is 0 Å². The van der Waals surface area contributed by atoms with Gasteiger partial charge in [0.15, 0.2) is 0 Å². The standard InChI is InChI=1S/C28H38O2/c1-19-9-12-25(30)18-23(19)11-10-22-7-5-15-28(3)26(13-14-27(22)28)20(2)16-21-6-4-8-24(29)17-21/h4,6,8,10-11,17,20,25-27,29-30H,1,5,7,9,12-16,18H2,2-3H3/b22-10+,23-11-/t20?,25?,26-,27?,28-/m1/s1. The van der Waals surface area contributed by atoms with Gasteiger partial charge in [0.05, 0.1) is 6.10 Å². The molecular weight excluding hydrogens is 368 g/mol. The van der Waals surface area contributed by atoms with Crippen LogP contribution in [0.1, 0.15) is 70.8 Å². The van der Waals surface area contributed by atoms with Crippen molar-refractivity contribution in [2.45, 2.75) is 77.7 Å². The van der Waals surface area contributed by atoms with Crippen LogP contribution in [0.15, 0.2) is 59.7 Å². The van der Waals surface area contributed by atoms with Crippen molar-refractivity contribution in [3.8, 4) is 5.75 Å². The van der Waals surface area contributed by atoms with Crippen molar-refractivity contribution in [1.29, 1.82) is 0 Å². The second kappa shape index (κ2) is 8.75. The van der Waals surface area contributed by atoms with Gasteiger partial charge in [0.25, 0.3) is 0 Å². The molecule has 3 fully saturated rings. The third-order valence-electron chi connectivity index (χ3n) is 8.38. The zero-order chi connectivity index (χ0) is 21.3. The molecule has 3 saturated carbocycles. The molecule has 0 amide bonds. The molecule has 3 aliphatic rings. The third kappa shape index (κ3) is 4.30. The van der Waals surface area contributed by atoms with Crippen LogP contribution in [0.25, 0.3) is 0 Å². The minimum Gasteiger partial charge on any atom is -0.508 e. The molecule has 5 atom stereocenters. The van der Waals surface area contributed by atoms with E-state index in [1.807, 2.05) is 12.1 Å². The summed E-state index contributed by atoms with van der Waals surface area (Å²) in [4.78, 5) is 0. The van der Waals surface area contributed by atoms with Gasteiger partial charge in [-0.15, -0.1) is 0 Å². The number of phenolic OH excluding ortho intramolecular Hbond substituents is 1. The van der Waals surface area contributed by atoms with Gasteiger partial charge in [-0.25, -0.2) is 0 Å². The summed E-state index contributed by atoms with van der Waals surface area (Å²) in [6.45, 7) is 9.18. The molecule has 0 radical (unpaired) electrons. The summed E-state index contributed by atoms with van der Waals surface area (Å²) in [6, 6.07) is 7.79. The van der Waals surface area contributed by atoms with E-state index in [1.54, 1.807) is 11.6 Å². The van der Waals surface area contributed by atoms with Gasteiger partial charge in [0.1, 0.15) is 5.75 Å². The molecule has 0 bridgehead atoms. The van der Waals surface area contributed by atoms with Crippen LogP contribution in [-0.2, 0) is 6.42 Å². The van der Waals surface area contributed by atoms with Crippen molar-refractivity contribution in [1.82, 2.24) is 0 Å². The molecule has 30 heavy (non-hydrogen) atoms. The Morgan fingerprint density at radius 3 is 2.83 bits per heavy atom. The Balaban J connectivity index is 1.51. The van der Waals surface area contributed by atoms with Crippen molar-refractivity contribution >= 4 is 0 Å². The molecule has 0 saturated heterocycles. The second-order valence-corrected chi connectivity index (χ2v) is 10.4. The van der Waals surface area contributed by atoms with E-state index in [4.69, 9.17) is 0 Å². The average Bonchev–Trinajstić information content (AvgIpc) is 3.06. The maximum absolute atomic E-state index is 10.0. The van der Waals surface area contributed by atoms with Crippen LogP contribution in [0.4, 0.5) is 0 Å². The number of aliphatic hydroxyl groups excluding tert-OH is 1. The van der Waals surface area contributed by atoms with Gasteiger partial charge in [-0.2, -0.15) is 0 Å². The maximum atomic E-state index is 10.0. The van der Waals surface area contributed by atoms with Crippen molar-refractivity contribution in [3.05, 3.63) is 65.3 Å². The van der Waals surface area contributed by atoms with E-state index in [1.165, 1.54) is 48.8 Å². The zero-order valence-electron chi connectivity index (χ0n) is 18.7. The minimum absolute atomic E-state index is 0.203. The lowest BCUT2D eigenvalue weighted by Crippen LogP contribution is -2.36. The Hall–Kier alpha value is -1.80. The Morgan fingerprint density at radius 2 is 2.03 bits per heavy atom. The summed E-state index contributed by atoms with van der Waals surface area (Å²) < 4.78 is 0. The highest BCUT2D eigenvalue weighted by atomic mass is 16.3. The predicted octanol–water partition coefficient (Wildman–Crippen LogP) is 6.74. The maximum Gasteiger partial charge on any atom is 0.115 e. The fourth-order valence-electron chi connectivity index (χ4n) is 6.81. The number of fused-ring (bicyclic) bond motifs is 1. The molecule has 1 aromatic rings. The van der Waals surface area contributed by atoms with Crippen LogP contribution in [0, 0.1) is 23.2 Å². The topological polar surface area (TPSA) is 40.5 Å². The average molecular weight is 407 g/mol. The number of hydrogen-bond acceptors (Lipinski definition) is 2. The van der Waals surface area contributed by atoms with E-state index in [-0.39, 0.29) is 6.10 Å². The largest absolute Gasteiger partial charge is 0.508 e. The highest BCUT2D eigenvalue weighted by molar-refractivity contribution is 5.36. The van der Waals surface area contributed by atoms with Crippen molar-refractivity contribution < 1.29 is 10.2 Å². The van der Waals surface area contributed by atoms with Crippen molar-refractivity contribution in [2.75, 3.05) is 0 Å². The Morgan fingerprint density at radius 1 is 1.20 bits per heavy atom. The number of aromatic hydroxyl groups is 1. The first-order valence-electron chi connectivity index (χ1n) is 11.9. The number of benzene rings is 1. The third-order valence-corrected chi connectivity index (χ3v) is 8.38. The fraction of sp³-hybridized carbons (Fsp3) is 0.571. The van der Waals surface area contributed by atoms with Gasteiger partial charge in [-0.3, -0.25) is 0 Å². The quantitative estimate of drug-likeness (QED) is 0.581. The normalized spacial score (nSPS) is 35.6. The zero-order valence-corrected chi connectivity index (χ0v) is 18.7. The van der Waals surface area contributed by atoms with E-state index in [0.717, 1.165) is 31.6 Å². The molecule has 2 N–H and O–H groups in total. The van der Waals surface area contributed by atoms with Gasteiger partial charge < -0.3 is 10.2 Å². The molecule has 0 heterocycles. The lowest BCUT2D eigenvalue weighted by atomic mass is 9.60. The second-order valence-electron chi connectivity index (χ2n) is 10.4. The highest BCUT2D eigenvalue weighted by Gasteiger charge is 2.50. The first-order valence-corrected chi connectivity index (χ1v) is 11.9. The van der Waals surface area contributed by atoms with Crippen LogP contribution in [0.5, 0.6) is 5.75 Å². The molecule has 3 unspecified atom stereocenters. The van der Waals surface area contributed by atoms with Crippen molar-refractivity contribution in [3.63, 3.8) is 0 Å². The molecule has 2 nitrogen and oxygen atoms in total. The van der Waals surface area contributed by atoms with Gasteiger partial charge in [-0.1, -0.05) is 55.9 Å². The first kappa shape index (κ1) is 21.4. The molecule has 0 spiro atoms. The number of rotatable bonds is 4. The van der Waals surface area contributed by atoms with E-state index in [9.17, 15) is 10.2 Å². The molecule has 2 heteroatoms. The smallest absolute Gasteiger partial charge is 0.115 e. The van der Waals surface area contributed by atoms with E-state index in [0.29, 0.717) is 23.0 Å². The molecule has 4 rings (SSSR count). The fourth-order valence-corrected chi connectivity index (χ4v) is 6.81. The van der Waals surface area contributed by atoms with E-state index in [2.05, 4.69) is 38.6 Å². The summed E-state index contributed by atoms with van der Waals surface area (Å²) in [7, 11) is 0.